The van der Waals surface area contributed by atoms with Crippen LogP contribution in [0.25, 0.3) is 0 Å². The molecule has 8 nitrogen and oxygen atoms in total. The first kappa shape index (κ1) is 16.6. The standard InChI is InChI=1S/C9H10BrF2N3O5/c10-3-1-15(8(20)14-6(3)13)7(19)9(11,12)5(18)4(17)2-16/h1,4-5,16-18H,2H2,(H2,13,14,20)/t4-,5-/m1/s1. The van der Waals surface area contributed by atoms with Crippen molar-refractivity contribution in [3.05, 3.63) is 21.2 Å². The zero-order chi connectivity index (χ0) is 15.7. The lowest BCUT2D eigenvalue weighted by Gasteiger charge is -2.24. The molecule has 0 radical (unpaired) electrons. The maximum Gasteiger partial charge on any atom is 0.356 e. The molecule has 0 aliphatic rings. The lowest BCUT2D eigenvalue weighted by Crippen LogP contribution is -2.53. The first-order chi connectivity index (χ1) is 9.12. The van der Waals surface area contributed by atoms with Gasteiger partial charge in [-0.2, -0.15) is 13.8 Å². The summed E-state index contributed by atoms with van der Waals surface area (Å²) in [4.78, 5) is 26.0. The molecule has 0 aliphatic carbocycles. The van der Waals surface area contributed by atoms with E-state index in [1.165, 1.54) is 0 Å². The Morgan fingerprint density at radius 3 is 2.60 bits per heavy atom. The molecule has 0 amide bonds. The van der Waals surface area contributed by atoms with Crippen LogP contribution in [0.5, 0.6) is 0 Å². The number of halogens is 3. The number of rotatable bonds is 4. The van der Waals surface area contributed by atoms with Gasteiger partial charge in [-0.1, -0.05) is 0 Å². The molecule has 0 fully saturated rings. The molecule has 1 aromatic heterocycles. The number of alkyl halides is 2. The molecule has 1 aromatic rings. The van der Waals surface area contributed by atoms with Crippen LogP contribution in [0, 0.1) is 0 Å². The number of nitrogens with two attached hydrogens (primary N) is 1. The summed E-state index contributed by atoms with van der Waals surface area (Å²) in [5.74, 6) is -6.93. The third kappa shape index (κ3) is 3.00. The van der Waals surface area contributed by atoms with E-state index in [2.05, 4.69) is 20.9 Å². The highest BCUT2D eigenvalue weighted by Crippen LogP contribution is 2.24. The first-order valence-electron chi connectivity index (χ1n) is 5.07. The lowest BCUT2D eigenvalue weighted by atomic mass is 10.1. The maximum absolute atomic E-state index is 13.6. The second kappa shape index (κ2) is 5.91. The van der Waals surface area contributed by atoms with Crippen LogP contribution in [0.4, 0.5) is 14.6 Å². The first-order valence-corrected chi connectivity index (χ1v) is 5.86. The Labute approximate surface area is 118 Å². The zero-order valence-electron chi connectivity index (χ0n) is 9.70. The number of hydrogen-bond donors (Lipinski definition) is 4. The number of aliphatic hydroxyl groups is 3. The molecule has 5 N–H and O–H groups in total. The molecule has 0 aromatic carbocycles. The van der Waals surface area contributed by atoms with E-state index in [1.54, 1.807) is 0 Å². The van der Waals surface area contributed by atoms with Crippen molar-refractivity contribution >= 4 is 27.7 Å². The minimum Gasteiger partial charge on any atom is -0.394 e. The molecule has 11 heteroatoms. The summed E-state index contributed by atoms with van der Waals surface area (Å²) in [6.07, 6.45) is -4.48. The Morgan fingerprint density at radius 2 is 2.10 bits per heavy atom. The summed E-state index contributed by atoms with van der Waals surface area (Å²) in [6.45, 7) is -1.19. The molecule has 112 valence electrons. The quantitative estimate of drug-likeness (QED) is 0.518. The highest BCUT2D eigenvalue weighted by atomic mass is 79.9. The van der Waals surface area contributed by atoms with E-state index >= 15 is 0 Å². The number of carbonyl (C=O) groups is 1. The summed E-state index contributed by atoms with van der Waals surface area (Å²) in [7, 11) is 0. The van der Waals surface area contributed by atoms with Crippen LogP contribution in [0.1, 0.15) is 4.79 Å². The highest BCUT2D eigenvalue weighted by molar-refractivity contribution is 9.10. The molecule has 0 aliphatic heterocycles. The van der Waals surface area contributed by atoms with Gasteiger partial charge < -0.3 is 21.1 Å². The van der Waals surface area contributed by atoms with Crippen LogP contribution in [0.3, 0.4) is 0 Å². The van der Waals surface area contributed by atoms with Crippen LogP contribution in [0.2, 0.25) is 0 Å². The predicted octanol–water partition coefficient (Wildman–Crippen LogP) is -1.42. The Hall–Kier alpha value is -1.43. The van der Waals surface area contributed by atoms with Gasteiger partial charge in [0, 0.05) is 6.20 Å². The Bertz CT molecular complexity index is 579. The summed E-state index contributed by atoms with van der Waals surface area (Å²) in [6, 6.07) is 0. The number of aromatic nitrogens is 2. The zero-order valence-corrected chi connectivity index (χ0v) is 11.3. The van der Waals surface area contributed by atoms with Gasteiger partial charge in [-0.15, -0.1) is 0 Å². The number of nitrogen functional groups attached to an aromatic ring is 1. The molecule has 0 unspecified atom stereocenters. The molecule has 0 saturated heterocycles. The van der Waals surface area contributed by atoms with Crippen LogP contribution in [-0.4, -0.2) is 55.5 Å². The predicted molar refractivity (Wildman–Crippen MR) is 65.3 cm³/mol. The van der Waals surface area contributed by atoms with Crippen LogP contribution < -0.4 is 11.4 Å². The van der Waals surface area contributed by atoms with Gasteiger partial charge in [-0.25, -0.2) is 9.36 Å². The van der Waals surface area contributed by atoms with Crippen molar-refractivity contribution in [1.29, 1.82) is 0 Å². The van der Waals surface area contributed by atoms with Crippen molar-refractivity contribution in [1.82, 2.24) is 9.55 Å². The third-order valence-corrected chi connectivity index (χ3v) is 2.95. The molecular weight excluding hydrogens is 348 g/mol. The Kier molecular flexibility index (Phi) is 4.91. The fourth-order valence-corrected chi connectivity index (χ4v) is 1.51. The average molecular weight is 358 g/mol. The van der Waals surface area contributed by atoms with E-state index in [0.717, 1.165) is 0 Å². The number of hydrogen-bond acceptors (Lipinski definition) is 7. The number of anilines is 1. The molecule has 0 spiro atoms. The molecule has 0 saturated carbocycles. The molecule has 1 heterocycles. The Balaban J connectivity index is 3.24. The average Bonchev–Trinajstić information content (AvgIpc) is 2.40. The van der Waals surface area contributed by atoms with Gasteiger partial charge in [0.25, 0.3) is 0 Å². The summed E-state index contributed by atoms with van der Waals surface area (Å²) >= 11 is 2.80. The SMILES string of the molecule is Nc1nc(=O)n(C(=O)C(F)(F)[C@H](O)[C@H](O)CO)cc1Br. The molecule has 0 bridgehead atoms. The number of nitrogens with zero attached hydrogens (tertiary/aromatic N) is 2. The largest absolute Gasteiger partial charge is 0.394 e. The molecular formula is C9H10BrF2N3O5. The second-order valence-electron chi connectivity index (χ2n) is 3.75. The summed E-state index contributed by atoms with van der Waals surface area (Å²) in [5, 5.41) is 26.6. The minimum absolute atomic E-state index is 0.0617. The summed E-state index contributed by atoms with van der Waals surface area (Å²) in [5.41, 5.74) is 3.86. The number of carbonyl (C=O) groups excluding carboxylic acids is 1. The smallest absolute Gasteiger partial charge is 0.356 e. The van der Waals surface area contributed by atoms with Crippen LogP contribution >= 0.6 is 15.9 Å². The maximum atomic E-state index is 13.6. The van der Waals surface area contributed by atoms with Crippen molar-refractivity contribution in [3.8, 4) is 0 Å². The van der Waals surface area contributed by atoms with E-state index in [-0.39, 0.29) is 14.9 Å². The monoisotopic (exact) mass is 357 g/mol. The van der Waals surface area contributed by atoms with E-state index in [9.17, 15) is 18.4 Å². The van der Waals surface area contributed by atoms with Gasteiger partial charge in [0.05, 0.1) is 11.1 Å². The summed E-state index contributed by atoms with van der Waals surface area (Å²) < 4.78 is 27.1. The van der Waals surface area contributed by atoms with E-state index in [1.807, 2.05) is 0 Å². The van der Waals surface area contributed by atoms with Crippen molar-refractivity contribution < 1.29 is 28.9 Å². The van der Waals surface area contributed by atoms with E-state index in [4.69, 9.17) is 21.1 Å². The lowest BCUT2D eigenvalue weighted by molar-refractivity contribution is -0.136. The van der Waals surface area contributed by atoms with Gasteiger partial charge in [0.15, 0.2) is 6.10 Å². The van der Waals surface area contributed by atoms with Crippen LogP contribution in [0.15, 0.2) is 15.5 Å². The fraction of sp³-hybridized carbons (Fsp3) is 0.444. The molecule has 1 rings (SSSR count). The van der Waals surface area contributed by atoms with Gasteiger partial charge in [0.1, 0.15) is 11.9 Å². The van der Waals surface area contributed by atoms with Crippen molar-refractivity contribution in [2.45, 2.75) is 18.1 Å². The molecule has 2 atom stereocenters. The fourth-order valence-electron chi connectivity index (χ4n) is 1.22. The van der Waals surface area contributed by atoms with Gasteiger partial charge >= 0.3 is 17.5 Å². The van der Waals surface area contributed by atoms with Gasteiger partial charge in [0.2, 0.25) is 0 Å². The minimum atomic E-state index is -4.51. The Morgan fingerprint density at radius 1 is 1.55 bits per heavy atom. The van der Waals surface area contributed by atoms with Crippen LogP contribution in [-0.2, 0) is 0 Å². The highest BCUT2D eigenvalue weighted by Gasteiger charge is 2.51. The van der Waals surface area contributed by atoms with Crippen molar-refractivity contribution in [2.75, 3.05) is 12.3 Å². The third-order valence-electron chi connectivity index (χ3n) is 2.34. The van der Waals surface area contributed by atoms with Crippen molar-refractivity contribution in [2.24, 2.45) is 0 Å². The van der Waals surface area contributed by atoms with Crippen molar-refractivity contribution in [3.63, 3.8) is 0 Å². The number of aliphatic hydroxyl groups excluding tert-OH is 3. The van der Waals surface area contributed by atoms with Gasteiger partial charge in [-0.05, 0) is 15.9 Å². The van der Waals surface area contributed by atoms with E-state index in [0.29, 0.717) is 6.20 Å². The topological polar surface area (TPSA) is 139 Å². The molecule has 20 heavy (non-hydrogen) atoms. The normalized spacial score (nSPS) is 14.9. The van der Waals surface area contributed by atoms with E-state index < -0.39 is 36.3 Å². The van der Waals surface area contributed by atoms with Gasteiger partial charge in [-0.3, -0.25) is 4.79 Å². The second-order valence-corrected chi connectivity index (χ2v) is 4.60.